The Morgan fingerprint density at radius 2 is 2.43 bits per heavy atom. The second kappa shape index (κ2) is 4.81. The van der Waals surface area contributed by atoms with Gasteiger partial charge in [-0.05, 0) is 18.1 Å². The molecule has 1 unspecified atom stereocenters. The third-order valence-electron chi connectivity index (χ3n) is 2.14. The molecule has 0 radical (unpaired) electrons. The maximum Gasteiger partial charge on any atom is 0.237 e. The Morgan fingerprint density at radius 1 is 1.71 bits per heavy atom. The van der Waals surface area contributed by atoms with Crippen LogP contribution < -0.4 is 11.1 Å². The summed E-state index contributed by atoms with van der Waals surface area (Å²) >= 11 is 0. The van der Waals surface area contributed by atoms with Crippen LogP contribution in [-0.4, -0.2) is 16.5 Å². The monoisotopic (exact) mass is 195 g/mol. The second-order valence-corrected chi connectivity index (χ2v) is 3.42. The van der Waals surface area contributed by atoms with Crippen LogP contribution >= 0.6 is 0 Å². The summed E-state index contributed by atoms with van der Waals surface area (Å²) in [5.74, 6) is -0.0867. The van der Waals surface area contributed by atoms with Crippen LogP contribution in [0.2, 0.25) is 0 Å². The standard InChI is InChI=1S/C10H17N3O/c1-3-9(11)10(14)12-6-8-4-5-13(2)7-8/h4-5,7,9H,3,6,11H2,1-2H3,(H,12,14). The SMILES string of the molecule is CCC(N)C(=O)NCc1ccn(C)c1. The molecule has 0 aliphatic heterocycles. The van der Waals surface area contributed by atoms with E-state index in [-0.39, 0.29) is 5.91 Å². The molecule has 0 aliphatic carbocycles. The number of nitrogens with two attached hydrogens (primary N) is 1. The Balaban J connectivity index is 2.37. The highest BCUT2D eigenvalue weighted by molar-refractivity contribution is 5.81. The summed E-state index contributed by atoms with van der Waals surface area (Å²) in [7, 11) is 1.95. The lowest BCUT2D eigenvalue weighted by Crippen LogP contribution is -2.39. The first-order chi connectivity index (χ1) is 6.63. The van der Waals surface area contributed by atoms with Crippen molar-refractivity contribution in [1.82, 2.24) is 9.88 Å². The fraction of sp³-hybridized carbons (Fsp3) is 0.500. The number of nitrogens with one attached hydrogen (secondary N) is 1. The molecular formula is C10H17N3O. The van der Waals surface area contributed by atoms with Crippen LogP contribution in [0.5, 0.6) is 0 Å². The van der Waals surface area contributed by atoms with Gasteiger partial charge in [0.2, 0.25) is 5.91 Å². The maximum absolute atomic E-state index is 11.3. The van der Waals surface area contributed by atoms with Gasteiger partial charge in [0.05, 0.1) is 6.04 Å². The van der Waals surface area contributed by atoms with Gasteiger partial charge in [0.15, 0.2) is 0 Å². The third-order valence-corrected chi connectivity index (χ3v) is 2.14. The molecular weight excluding hydrogens is 178 g/mol. The average molecular weight is 195 g/mol. The number of aromatic nitrogens is 1. The first-order valence-corrected chi connectivity index (χ1v) is 4.77. The number of aryl methyl sites for hydroxylation is 1. The lowest BCUT2D eigenvalue weighted by molar-refractivity contribution is -0.122. The first-order valence-electron chi connectivity index (χ1n) is 4.77. The Bertz CT molecular complexity index is 306. The quantitative estimate of drug-likeness (QED) is 0.729. The minimum absolute atomic E-state index is 0.0867. The molecule has 3 N–H and O–H groups in total. The van der Waals surface area contributed by atoms with Crippen molar-refractivity contribution in [2.75, 3.05) is 0 Å². The molecule has 4 nitrogen and oxygen atoms in total. The Morgan fingerprint density at radius 3 is 2.93 bits per heavy atom. The lowest BCUT2D eigenvalue weighted by atomic mass is 10.2. The molecule has 0 saturated carbocycles. The van der Waals surface area contributed by atoms with Gasteiger partial charge in [-0.1, -0.05) is 6.92 Å². The van der Waals surface area contributed by atoms with E-state index in [2.05, 4.69) is 5.32 Å². The number of amides is 1. The van der Waals surface area contributed by atoms with Gasteiger partial charge in [0, 0.05) is 26.0 Å². The molecule has 1 aromatic heterocycles. The van der Waals surface area contributed by atoms with Gasteiger partial charge in [-0.15, -0.1) is 0 Å². The molecule has 1 aromatic rings. The van der Waals surface area contributed by atoms with Crippen LogP contribution in [0.25, 0.3) is 0 Å². The van der Waals surface area contributed by atoms with E-state index < -0.39 is 6.04 Å². The predicted octanol–water partition coefficient (Wildman–Crippen LogP) is 0.379. The molecule has 1 atom stereocenters. The summed E-state index contributed by atoms with van der Waals surface area (Å²) < 4.78 is 1.95. The van der Waals surface area contributed by atoms with Crippen molar-refractivity contribution in [3.8, 4) is 0 Å². The van der Waals surface area contributed by atoms with Crippen molar-refractivity contribution in [2.45, 2.75) is 25.9 Å². The summed E-state index contributed by atoms with van der Waals surface area (Å²) in [5.41, 5.74) is 6.66. The zero-order valence-electron chi connectivity index (χ0n) is 8.66. The Hall–Kier alpha value is -1.29. The maximum atomic E-state index is 11.3. The van der Waals surface area contributed by atoms with E-state index in [1.54, 1.807) is 0 Å². The summed E-state index contributed by atoms with van der Waals surface area (Å²) in [6, 6.07) is 1.58. The minimum Gasteiger partial charge on any atom is -0.357 e. The minimum atomic E-state index is -0.390. The van der Waals surface area contributed by atoms with Crippen LogP contribution in [-0.2, 0) is 18.4 Å². The highest BCUT2D eigenvalue weighted by atomic mass is 16.2. The molecule has 0 aliphatic rings. The number of rotatable bonds is 4. The summed E-state index contributed by atoms with van der Waals surface area (Å²) in [5, 5.41) is 2.79. The van der Waals surface area contributed by atoms with Crippen LogP contribution in [0.15, 0.2) is 18.5 Å². The topological polar surface area (TPSA) is 60.1 Å². The summed E-state index contributed by atoms with van der Waals surface area (Å²) in [6.45, 7) is 2.44. The smallest absolute Gasteiger partial charge is 0.237 e. The molecule has 1 amide bonds. The number of carbonyl (C=O) groups excluding carboxylic acids is 1. The van der Waals surface area contributed by atoms with Crippen LogP contribution in [0.1, 0.15) is 18.9 Å². The number of hydrogen-bond donors (Lipinski definition) is 2. The van der Waals surface area contributed by atoms with Gasteiger partial charge in [0.25, 0.3) is 0 Å². The normalized spacial score (nSPS) is 12.5. The third kappa shape index (κ3) is 2.88. The van der Waals surface area contributed by atoms with Crippen molar-refractivity contribution in [3.63, 3.8) is 0 Å². The molecule has 0 saturated heterocycles. The number of hydrogen-bond acceptors (Lipinski definition) is 2. The molecule has 4 heteroatoms. The van der Waals surface area contributed by atoms with Crippen LogP contribution in [0.3, 0.4) is 0 Å². The molecule has 1 rings (SSSR count). The largest absolute Gasteiger partial charge is 0.357 e. The van der Waals surface area contributed by atoms with Crippen LogP contribution in [0.4, 0.5) is 0 Å². The van der Waals surface area contributed by atoms with Crippen molar-refractivity contribution in [3.05, 3.63) is 24.0 Å². The van der Waals surface area contributed by atoms with Gasteiger partial charge in [-0.3, -0.25) is 4.79 Å². The van der Waals surface area contributed by atoms with E-state index in [0.29, 0.717) is 13.0 Å². The number of nitrogens with zero attached hydrogens (tertiary/aromatic N) is 1. The lowest BCUT2D eigenvalue weighted by Gasteiger charge is -2.08. The summed E-state index contributed by atoms with van der Waals surface area (Å²) in [6.07, 6.45) is 4.58. The fourth-order valence-electron chi connectivity index (χ4n) is 1.17. The van der Waals surface area contributed by atoms with Gasteiger partial charge in [-0.25, -0.2) is 0 Å². The molecule has 1 heterocycles. The summed E-state index contributed by atoms with van der Waals surface area (Å²) in [4.78, 5) is 11.3. The van der Waals surface area contributed by atoms with E-state index in [1.807, 2.05) is 37.0 Å². The van der Waals surface area contributed by atoms with Gasteiger partial charge in [-0.2, -0.15) is 0 Å². The molecule has 0 aromatic carbocycles. The highest BCUT2D eigenvalue weighted by Gasteiger charge is 2.09. The zero-order chi connectivity index (χ0) is 10.6. The second-order valence-electron chi connectivity index (χ2n) is 3.42. The Labute approximate surface area is 84.1 Å². The van der Waals surface area contributed by atoms with Gasteiger partial charge < -0.3 is 15.6 Å². The van der Waals surface area contributed by atoms with E-state index in [0.717, 1.165) is 5.56 Å². The first kappa shape index (κ1) is 10.8. The van der Waals surface area contributed by atoms with Crippen molar-refractivity contribution in [1.29, 1.82) is 0 Å². The zero-order valence-corrected chi connectivity index (χ0v) is 8.66. The van der Waals surface area contributed by atoms with Crippen LogP contribution in [0, 0.1) is 0 Å². The number of carbonyl (C=O) groups is 1. The molecule has 0 bridgehead atoms. The van der Waals surface area contributed by atoms with Crippen molar-refractivity contribution < 1.29 is 4.79 Å². The Kier molecular flexibility index (Phi) is 3.71. The van der Waals surface area contributed by atoms with Crippen molar-refractivity contribution >= 4 is 5.91 Å². The predicted molar refractivity (Wildman–Crippen MR) is 55.5 cm³/mol. The van der Waals surface area contributed by atoms with E-state index >= 15 is 0 Å². The van der Waals surface area contributed by atoms with E-state index in [4.69, 9.17) is 5.73 Å². The van der Waals surface area contributed by atoms with Crippen molar-refractivity contribution in [2.24, 2.45) is 12.8 Å². The fourth-order valence-corrected chi connectivity index (χ4v) is 1.17. The van der Waals surface area contributed by atoms with Gasteiger partial charge in [0.1, 0.15) is 0 Å². The molecule has 0 spiro atoms. The molecule has 78 valence electrons. The van der Waals surface area contributed by atoms with Gasteiger partial charge >= 0.3 is 0 Å². The van der Waals surface area contributed by atoms with E-state index in [9.17, 15) is 4.79 Å². The van der Waals surface area contributed by atoms with E-state index in [1.165, 1.54) is 0 Å². The highest BCUT2D eigenvalue weighted by Crippen LogP contribution is 1.98. The molecule has 14 heavy (non-hydrogen) atoms. The average Bonchev–Trinajstić information content (AvgIpc) is 2.59. The molecule has 0 fully saturated rings.